The van der Waals surface area contributed by atoms with Gasteiger partial charge >= 0.3 is 0 Å². The van der Waals surface area contributed by atoms with E-state index in [1.165, 1.54) is 0 Å². The average molecular weight is 384 g/mol. The monoisotopic (exact) mass is 384 g/mol. The van der Waals surface area contributed by atoms with Gasteiger partial charge in [0.15, 0.2) is 0 Å². The second-order valence-electron chi connectivity index (χ2n) is 7.20. The molecule has 1 aliphatic rings. The van der Waals surface area contributed by atoms with Crippen molar-refractivity contribution >= 4 is 17.5 Å². The summed E-state index contributed by atoms with van der Waals surface area (Å²) in [6.07, 6.45) is 6.19. The van der Waals surface area contributed by atoms with Gasteiger partial charge in [0.1, 0.15) is 0 Å². The Labute approximate surface area is 165 Å². The van der Waals surface area contributed by atoms with Gasteiger partial charge in [0, 0.05) is 55.2 Å². The molecule has 2 aromatic rings. The zero-order valence-corrected chi connectivity index (χ0v) is 16.5. The number of aromatic nitrogens is 2. The van der Waals surface area contributed by atoms with Crippen molar-refractivity contribution in [2.75, 3.05) is 18.5 Å². The Morgan fingerprint density at radius 3 is 2.82 bits per heavy atom. The molecule has 0 unspecified atom stereocenters. The zero-order chi connectivity index (χ0) is 19.9. The molecule has 2 heterocycles. The maximum absolute atomic E-state index is 12.5. The minimum atomic E-state index is -0.176. The largest absolute Gasteiger partial charge is 0.381 e. The molecule has 0 aliphatic carbocycles. The average Bonchev–Trinajstić information content (AvgIpc) is 3.16. The Kier molecular flexibility index (Phi) is 6.81. The summed E-state index contributed by atoms with van der Waals surface area (Å²) in [5.74, 6) is -0.220. The van der Waals surface area contributed by atoms with Gasteiger partial charge in [-0.25, -0.2) is 0 Å². The number of carbonyl (C=O) groups is 2. The molecule has 3 rings (SSSR count). The van der Waals surface area contributed by atoms with E-state index in [9.17, 15) is 9.59 Å². The Morgan fingerprint density at radius 2 is 2.07 bits per heavy atom. The molecule has 0 spiro atoms. The maximum atomic E-state index is 12.5. The molecule has 1 aliphatic heterocycles. The Balaban J connectivity index is 1.60. The van der Waals surface area contributed by atoms with Crippen molar-refractivity contribution in [1.82, 2.24) is 15.1 Å². The summed E-state index contributed by atoms with van der Waals surface area (Å²) in [5.41, 5.74) is 3.09. The third-order valence-electron chi connectivity index (χ3n) is 4.94. The molecule has 7 heteroatoms. The van der Waals surface area contributed by atoms with Crippen molar-refractivity contribution in [3.8, 4) is 0 Å². The number of ether oxygens (including phenoxy) is 1. The van der Waals surface area contributed by atoms with Crippen LogP contribution in [-0.4, -0.2) is 34.8 Å². The fourth-order valence-electron chi connectivity index (χ4n) is 3.23. The van der Waals surface area contributed by atoms with Crippen LogP contribution in [0.25, 0.3) is 0 Å². The van der Waals surface area contributed by atoms with Crippen LogP contribution in [-0.2, 0) is 22.6 Å². The summed E-state index contributed by atoms with van der Waals surface area (Å²) in [6.45, 7) is 6.54. The first-order valence-electron chi connectivity index (χ1n) is 9.85. The van der Waals surface area contributed by atoms with Gasteiger partial charge in [-0.3, -0.25) is 14.3 Å². The van der Waals surface area contributed by atoms with Crippen LogP contribution in [0.1, 0.15) is 47.7 Å². The standard InChI is InChI=1S/C21H28N4O3/c1-3-8-25-14-16(13-23-25)12-22-20(26)18-5-4-15(2)19(11-18)24-21(27)17-6-9-28-10-7-17/h4-5,11,13-14,17H,3,6-10,12H2,1-2H3,(H,22,26)(H,24,27). The molecule has 0 bridgehead atoms. The number of nitrogens with zero attached hydrogens (tertiary/aromatic N) is 2. The second-order valence-corrected chi connectivity index (χ2v) is 7.20. The molecule has 28 heavy (non-hydrogen) atoms. The van der Waals surface area contributed by atoms with E-state index in [1.54, 1.807) is 18.3 Å². The summed E-state index contributed by atoms with van der Waals surface area (Å²) < 4.78 is 7.19. The van der Waals surface area contributed by atoms with Crippen molar-refractivity contribution in [2.24, 2.45) is 5.92 Å². The maximum Gasteiger partial charge on any atom is 0.251 e. The number of nitrogens with one attached hydrogen (secondary N) is 2. The van der Waals surface area contributed by atoms with Gasteiger partial charge in [-0.15, -0.1) is 0 Å². The molecule has 150 valence electrons. The number of aryl methyl sites for hydroxylation is 2. The Hall–Kier alpha value is -2.67. The molecule has 0 atom stereocenters. The van der Waals surface area contributed by atoms with Crippen molar-refractivity contribution in [2.45, 2.75) is 46.2 Å². The highest BCUT2D eigenvalue weighted by Crippen LogP contribution is 2.21. The van der Waals surface area contributed by atoms with E-state index in [4.69, 9.17) is 4.74 Å². The fraction of sp³-hybridized carbons (Fsp3) is 0.476. The first kappa shape index (κ1) is 20.1. The predicted octanol–water partition coefficient (Wildman–Crippen LogP) is 2.90. The molecule has 7 nitrogen and oxygen atoms in total. The van der Waals surface area contributed by atoms with Gasteiger partial charge in [-0.05, 0) is 43.9 Å². The van der Waals surface area contributed by atoms with E-state index in [1.807, 2.05) is 23.9 Å². The van der Waals surface area contributed by atoms with E-state index >= 15 is 0 Å². The molecule has 2 N–H and O–H groups in total. The van der Waals surface area contributed by atoms with Crippen LogP contribution in [0.4, 0.5) is 5.69 Å². The minimum Gasteiger partial charge on any atom is -0.381 e. The minimum absolute atomic E-state index is 0.00713. The third-order valence-corrected chi connectivity index (χ3v) is 4.94. The highest BCUT2D eigenvalue weighted by molar-refractivity contribution is 5.98. The molecule has 0 radical (unpaired) electrons. The van der Waals surface area contributed by atoms with Gasteiger partial charge in [0.05, 0.1) is 6.20 Å². The van der Waals surface area contributed by atoms with Crippen LogP contribution in [0.3, 0.4) is 0 Å². The molecular formula is C21H28N4O3. The Morgan fingerprint density at radius 1 is 1.29 bits per heavy atom. The number of rotatable bonds is 7. The van der Waals surface area contributed by atoms with Crippen LogP contribution in [0.15, 0.2) is 30.6 Å². The van der Waals surface area contributed by atoms with Crippen molar-refractivity contribution in [1.29, 1.82) is 0 Å². The van der Waals surface area contributed by atoms with E-state index in [2.05, 4.69) is 22.7 Å². The molecular weight excluding hydrogens is 356 g/mol. The fourth-order valence-corrected chi connectivity index (χ4v) is 3.23. The number of amides is 2. The smallest absolute Gasteiger partial charge is 0.251 e. The number of benzene rings is 1. The molecule has 0 saturated carbocycles. The lowest BCUT2D eigenvalue weighted by Gasteiger charge is -2.21. The summed E-state index contributed by atoms with van der Waals surface area (Å²) in [7, 11) is 0. The zero-order valence-electron chi connectivity index (χ0n) is 16.5. The number of anilines is 1. The summed E-state index contributed by atoms with van der Waals surface area (Å²) in [4.78, 5) is 25.0. The van der Waals surface area contributed by atoms with E-state index in [0.717, 1.165) is 36.9 Å². The Bertz CT molecular complexity index is 825. The highest BCUT2D eigenvalue weighted by atomic mass is 16.5. The predicted molar refractivity (Wildman–Crippen MR) is 107 cm³/mol. The van der Waals surface area contributed by atoms with Crippen LogP contribution >= 0.6 is 0 Å². The quantitative estimate of drug-likeness (QED) is 0.769. The second kappa shape index (κ2) is 9.50. The van der Waals surface area contributed by atoms with Crippen LogP contribution < -0.4 is 10.6 Å². The van der Waals surface area contributed by atoms with Gasteiger partial charge in [0.2, 0.25) is 5.91 Å². The number of carbonyl (C=O) groups excluding carboxylic acids is 2. The first-order valence-corrected chi connectivity index (χ1v) is 9.85. The summed E-state index contributed by atoms with van der Waals surface area (Å²) in [5, 5.41) is 10.2. The lowest BCUT2D eigenvalue weighted by atomic mass is 9.99. The molecule has 1 aromatic heterocycles. The lowest BCUT2D eigenvalue weighted by Crippen LogP contribution is -2.29. The third kappa shape index (κ3) is 5.19. The van der Waals surface area contributed by atoms with Crippen molar-refractivity contribution in [3.63, 3.8) is 0 Å². The summed E-state index contributed by atoms with van der Waals surface area (Å²) in [6, 6.07) is 5.37. The van der Waals surface area contributed by atoms with E-state index in [0.29, 0.717) is 31.0 Å². The van der Waals surface area contributed by atoms with Gasteiger partial charge in [-0.2, -0.15) is 5.10 Å². The molecule has 1 aromatic carbocycles. The topological polar surface area (TPSA) is 85.2 Å². The number of hydrogen-bond donors (Lipinski definition) is 2. The van der Waals surface area contributed by atoms with Crippen LogP contribution in [0, 0.1) is 12.8 Å². The van der Waals surface area contributed by atoms with Crippen molar-refractivity contribution in [3.05, 3.63) is 47.3 Å². The SMILES string of the molecule is CCCn1cc(CNC(=O)c2ccc(C)c(NC(=O)C3CCOCC3)c2)cn1. The molecule has 1 saturated heterocycles. The summed E-state index contributed by atoms with van der Waals surface area (Å²) >= 11 is 0. The van der Waals surface area contributed by atoms with E-state index in [-0.39, 0.29) is 17.7 Å². The molecule has 2 amide bonds. The van der Waals surface area contributed by atoms with E-state index < -0.39 is 0 Å². The van der Waals surface area contributed by atoms with Gasteiger partial charge in [0.25, 0.3) is 5.91 Å². The highest BCUT2D eigenvalue weighted by Gasteiger charge is 2.22. The van der Waals surface area contributed by atoms with Gasteiger partial charge < -0.3 is 15.4 Å². The lowest BCUT2D eigenvalue weighted by molar-refractivity contribution is -0.122. The normalized spacial score (nSPS) is 14.6. The number of hydrogen-bond acceptors (Lipinski definition) is 4. The van der Waals surface area contributed by atoms with Crippen LogP contribution in [0.2, 0.25) is 0 Å². The molecule has 1 fully saturated rings. The van der Waals surface area contributed by atoms with Crippen molar-refractivity contribution < 1.29 is 14.3 Å². The van der Waals surface area contributed by atoms with Crippen LogP contribution in [0.5, 0.6) is 0 Å². The van der Waals surface area contributed by atoms with Gasteiger partial charge in [-0.1, -0.05) is 13.0 Å². The first-order chi connectivity index (χ1) is 13.6.